The molecule has 88 valence electrons. The summed E-state index contributed by atoms with van der Waals surface area (Å²) in [4.78, 5) is 24.6. The van der Waals surface area contributed by atoms with E-state index < -0.39 is 5.82 Å². The number of hydrogen-bond donors (Lipinski definition) is 0. The first-order valence-electron chi connectivity index (χ1n) is 5.13. The highest BCUT2D eigenvalue weighted by Crippen LogP contribution is 2.32. The minimum absolute atomic E-state index is 0.266. The number of hydrogen-bond acceptors (Lipinski definition) is 3. The molecule has 0 saturated carbocycles. The minimum atomic E-state index is -0.407. The Balaban J connectivity index is 2.34. The summed E-state index contributed by atoms with van der Waals surface area (Å²) in [6.07, 6.45) is 1.41. The van der Waals surface area contributed by atoms with Gasteiger partial charge < -0.3 is 0 Å². The van der Waals surface area contributed by atoms with Gasteiger partial charge in [0.05, 0.1) is 4.91 Å². The lowest BCUT2D eigenvalue weighted by atomic mass is 10.2. The highest BCUT2D eigenvalue weighted by Gasteiger charge is 2.33. The van der Waals surface area contributed by atoms with Crippen molar-refractivity contribution in [3.63, 3.8) is 0 Å². The summed E-state index contributed by atoms with van der Waals surface area (Å²) in [7, 11) is 0. The molecule has 1 aromatic rings. The predicted molar refractivity (Wildman–Crippen MR) is 64.8 cm³/mol. The maximum atomic E-state index is 13.4. The Hall–Kier alpha value is -1.62. The van der Waals surface area contributed by atoms with E-state index in [1.165, 1.54) is 12.1 Å². The zero-order chi connectivity index (χ0) is 12.4. The van der Waals surface area contributed by atoms with Crippen LogP contribution in [0.25, 0.3) is 6.08 Å². The molecule has 1 aliphatic rings. The van der Waals surface area contributed by atoms with Crippen molar-refractivity contribution >= 4 is 29.0 Å². The van der Waals surface area contributed by atoms with E-state index in [-0.39, 0.29) is 16.1 Å². The van der Waals surface area contributed by atoms with Gasteiger partial charge >= 0.3 is 0 Å². The Kier molecular flexibility index (Phi) is 3.28. The summed E-state index contributed by atoms with van der Waals surface area (Å²) in [6, 6.07) is 6.13. The van der Waals surface area contributed by atoms with Crippen LogP contribution >= 0.6 is 11.8 Å². The lowest BCUT2D eigenvalue weighted by Crippen LogP contribution is -2.27. The molecule has 1 aromatic carbocycles. The van der Waals surface area contributed by atoms with Crippen molar-refractivity contribution in [2.45, 2.75) is 6.92 Å². The van der Waals surface area contributed by atoms with Crippen LogP contribution in [0.1, 0.15) is 12.5 Å². The largest absolute Gasteiger partial charge is 0.293 e. The molecule has 0 aromatic heterocycles. The van der Waals surface area contributed by atoms with Crippen molar-refractivity contribution in [3.8, 4) is 0 Å². The summed E-state index contributed by atoms with van der Waals surface area (Å²) in [5, 5.41) is -0.305. The maximum Gasteiger partial charge on any atom is 0.293 e. The van der Waals surface area contributed by atoms with Crippen LogP contribution < -0.4 is 0 Å². The van der Waals surface area contributed by atoms with Gasteiger partial charge in [0.25, 0.3) is 11.1 Å². The summed E-state index contributed by atoms with van der Waals surface area (Å²) >= 11 is 0.842. The van der Waals surface area contributed by atoms with Gasteiger partial charge in [-0.3, -0.25) is 14.5 Å². The molecule has 0 atom stereocenters. The zero-order valence-electron chi connectivity index (χ0n) is 9.14. The summed E-state index contributed by atoms with van der Waals surface area (Å²) in [5.41, 5.74) is 0.314. The SMILES string of the molecule is CCN1C(=O)S/C(=C\c2ccccc2F)C1=O. The summed E-state index contributed by atoms with van der Waals surface area (Å²) in [5.74, 6) is -0.762. The van der Waals surface area contributed by atoms with E-state index in [1.54, 1.807) is 25.1 Å². The van der Waals surface area contributed by atoms with Crippen LogP contribution in [0.4, 0.5) is 9.18 Å². The highest BCUT2D eigenvalue weighted by molar-refractivity contribution is 8.18. The van der Waals surface area contributed by atoms with Gasteiger partial charge in [-0.25, -0.2) is 4.39 Å². The van der Waals surface area contributed by atoms with E-state index in [0.29, 0.717) is 12.1 Å². The third-order valence-corrected chi connectivity index (χ3v) is 3.29. The number of thioether (sulfide) groups is 1. The van der Waals surface area contributed by atoms with Gasteiger partial charge in [-0.15, -0.1) is 0 Å². The van der Waals surface area contributed by atoms with Gasteiger partial charge in [0.1, 0.15) is 5.82 Å². The quantitative estimate of drug-likeness (QED) is 0.758. The number of carbonyl (C=O) groups excluding carboxylic acids is 2. The van der Waals surface area contributed by atoms with Crippen molar-refractivity contribution < 1.29 is 14.0 Å². The standard InChI is InChI=1S/C12H10FNO2S/c1-2-14-11(15)10(17-12(14)16)7-8-5-3-4-6-9(8)13/h3-7H,2H2,1H3/b10-7-. The lowest BCUT2D eigenvalue weighted by Gasteiger charge is -2.06. The van der Waals surface area contributed by atoms with E-state index in [9.17, 15) is 14.0 Å². The Morgan fingerprint density at radius 1 is 1.35 bits per heavy atom. The summed E-state index contributed by atoms with van der Waals surface area (Å²) in [6.45, 7) is 2.06. The Bertz CT molecular complexity index is 513. The molecular formula is C12H10FNO2S. The topological polar surface area (TPSA) is 37.4 Å². The van der Waals surface area contributed by atoms with Gasteiger partial charge in [0.15, 0.2) is 0 Å². The average molecular weight is 251 g/mol. The molecule has 1 fully saturated rings. The van der Waals surface area contributed by atoms with Crippen molar-refractivity contribution in [1.29, 1.82) is 0 Å². The molecule has 2 amide bonds. The number of nitrogens with zero attached hydrogens (tertiary/aromatic N) is 1. The van der Waals surface area contributed by atoms with Crippen molar-refractivity contribution in [2.24, 2.45) is 0 Å². The maximum absolute atomic E-state index is 13.4. The Morgan fingerprint density at radius 2 is 2.06 bits per heavy atom. The Morgan fingerprint density at radius 3 is 2.65 bits per heavy atom. The van der Waals surface area contributed by atoms with Crippen LogP contribution in [0.3, 0.4) is 0 Å². The second-order valence-electron chi connectivity index (χ2n) is 3.45. The van der Waals surface area contributed by atoms with Gasteiger partial charge in [-0.1, -0.05) is 18.2 Å². The van der Waals surface area contributed by atoms with Crippen LogP contribution in [0.5, 0.6) is 0 Å². The fourth-order valence-electron chi connectivity index (χ4n) is 1.51. The fraction of sp³-hybridized carbons (Fsp3) is 0.167. The molecule has 0 radical (unpaired) electrons. The van der Waals surface area contributed by atoms with Crippen molar-refractivity contribution in [1.82, 2.24) is 4.90 Å². The van der Waals surface area contributed by atoms with E-state index in [1.807, 2.05) is 0 Å². The van der Waals surface area contributed by atoms with E-state index in [2.05, 4.69) is 0 Å². The first-order valence-corrected chi connectivity index (χ1v) is 5.95. The normalized spacial score (nSPS) is 18.2. The molecule has 1 heterocycles. The van der Waals surface area contributed by atoms with E-state index in [0.717, 1.165) is 16.7 Å². The number of rotatable bonds is 2. The molecule has 1 aliphatic heterocycles. The minimum Gasteiger partial charge on any atom is -0.269 e. The molecular weight excluding hydrogens is 241 g/mol. The molecule has 0 spiro atoms. The van der Waals surface area contributed by atoms with Crippen LogP contribution in [0.15, 0.2) is 29.2 Å². The van der Waals surface area contributed by atoms with Crippen molar-refractivity contribution in [2.75, 3.05) is 6.54 Å². The molecule has 0 aliphatic carbocycles. The van der Waals surface area contributed by atoms with Crippen LogP contribution in [0.2, 0.25) is 0 Å². The third-order valence-electron chi connectivity index (χ3n) is 2.38. The molecule has 5 heteroatoms. The van der Waals surface area contributed by atoms with Gasteiger partial charge in [-0.05, 0) is 30.8 Å². The highest BCUT2D eigenvalue weighted by atomic mass is 32.2. The second kappa shape index (κ2) is 4.71. The van der Waals surface area contributed by atoms with Crippen LogP contribution in [0, 0.1) is 5.82 Å². The zero-order valence-corrected chi connectivity index (χ0v) is 9.96. The lowest BCUT2D eigenvalue weighted by molar-refractivity contribution is -0.122. The molecule has 2 rings (SSSR count). The number of likely N-dealkylation sites (N-methyl/N-ethyl adjacent to an activating group) is 1. The number of amides is 2. The first kappa shape index (κ1) is 11.9. The van der Waals surface area contributed by atoms with Gasteiger partial charge in [-0.2, -0.15) is 0 Å². The number of benzene rings is 1. The van der Waals surface area contributed by atoms with E-state index >= 15 is 0 Å². The van der Waals surface area contributed by atoms with Crippen LogP contribution in [-0.2, 0) is 4.79 Å². The molecule has 0 N–H and O–H groups in total. The van der Waals surface area contributed by atoms with Crippen molar-refractivity contribution in [3.05, 3.63) is 40.6 Å². The average Bonchev–Trinajstić information content (AvgIpc) is 2.57. The molecule has 17 heavy (non-hydrogen) atoms. The van der Waals surface area contributed by atoms with Gasteiger partial charge in [0.2, 0.25) is 0 Å². The monoisotopic (exact) mass is 251 g/mol. The van der Waals surface area contributed by atoms with Gasteiger partial charge in [0, 0.05) is 12.1 Å². The first-order chi connectivity index (χ1) is 8.13. The molecule has 0 unspecified atom stereocenters. The number of imide groups is 1. The smallest absolute Gasteiger partial charge is 0.269 e. The Labute approximate surface area is 102 Å². The van der Waals surface area contributed by atoms with Crippen LogP contribution in [-0.4, -0.2) is 22.6 Å². The fourth-order valence-corrected chi connectivity index (χ4v) is 2.40. The van der Waals surface area contributed by atoms with E-state index in [4.69, 9.17) is 0 Å². The third kappa shape index (κ3) is 2.24. The molecule has 1 saturated heterocycles. The number of halogens is 1. The predicted octanol–water partition coefficient (Wildman–Crippen LogP) is 2.88. The summed E-state index contributed by atoms with van der Waals surface area (Å²) < 4.78 is 13.4. The second-order valence-corrected chi connectivity index (χ2v) is 4.44. The molecule has 0 bridgehead atoms. The number of carbonyl (C=O) groups is 2. The molecule has 3 nitrogen and oxygen atoms in total.